The molecule has 6 nitrogen and oxygen atoms in total. The predicted octanol–water partition coefficient (Wildman–Crippen LogP) is 6.33. The molecule has 0 spiro atoms. The highest BCUT2D eigenvalue weighted by molar-refractivity contribution is 5.85. The number of pyridine rings is 1. The van der Waals surface area contributed by atoms with E-state index in [1.807, 2.05) is 36.0 Å². The molecule has 0 aliphatic rings. The zero-order chi connectivity index (χ0) is 23.8. The Kier molecular flexibility index (Phi) is 5.45. The summed E-state index contributed by atoms with van der Waals surface area (Å²) in [5.41, 5.74) is 6.88. The van der Waals surface area contributed by atoms with Crippen molar-refractivity contribution in [1.82, 2.24) is 19.7 Å². The molecule has 7 heteroatoms. The number of halogens is 1. The number of oxazole rings is 1. The van der Waals surface area contributed by atoms with Crippen molar-refractivity contribution in [3.8, 4) is 45.3 Å². The molecule has 0 fully saturated rings. The molecule has 3 heterocycles. The molecule has 0 radical (unpaired) electrons. The van der Waals surface area contributed by atoms with Crippen LogP contribution in [0, 0.1) is 26.6 Å². The highest BCUT2D eigenvalue weighted by atomic mass is 19.1. The molecule has 5 rings (SSSR count). The van der Waals surface area contributed by atoms with Crippen LogP contribution in [0.2, 0.25) is 0 Å². The van der Waals surface area contributed by atoms with Gasteiger partial charge >= 0.3 is 0 Å². The molecule has 5 aromatic rings. The van der Waals surface area contributed by atoms with Crippen LogP contribution in [-0.4, -0.2) is 26.9 Å². The summed E-state index contributed by atoms with van der Waals surface area (Å²) in [5.74, 6) is 0.245. The summed E-state index contributed by atoms with van der Waals surface area (Å²) in [6.07, 6.45) is 3.43. The Morgan fingerprint density at radius 3 is 2.47 bits per heavy atom. The van der Waals surface area contributed by atoms with E-state index >= 15 is 0 Å². The third-order valence-corrected chi connectivity index (χ3v) is 5.57. The molecule has 0 aliphatic carbocycles. The molecule has 34 heavy (non-hydrogen) atoms. The van der Waals surface area contributed by atoms with E-state index in [2.05, 4.69) is 52.3 Å². The van der Waals surface area contributed by atoms with Gasteiger partial charge in [-0.25, -0.2) is 19.0 Å². The lowest BCUT2D eigenvalue weighted by Gasteiger charge is -2.12. The van der Waals surface area contributed by atoms with E-state index in [9.17, 15) is 4.39 Å². The van der Waals surface area contributed by atoms with Crippen molar-refractivity contribution < 1.29 is 13.5 Å². The van der Waals surface area contributed by atoms with Crippen LogP contribution in [-0.2, 0) is 0 Å². The maximum Gasteiger partial charge on any atom is 0.250 e. The van der Waals surface area contributed by atoms with Gasteiger partial charge in [0.15, 0.2) is 17.5 Å². The minimum absolute atomic E-state index is 0.0734. The standard InChI is InChI=1S/C27H23FN4O2/c1-16-6-5-7-19(12-16)20-8-9-24(32-11-10-17(2)31-32)22(13-20)25-26(34-18(3)30-25)21-14-23(28)27(33-4)29-15-21/h5-15H,1-4H3. The van der Waals surface area contributed by atoms with Gasteiger partial charge in [-0.15, -0.1) is 0 Å². The number of rotatable bonds is 5. The molecule has 0 amide bonds. The van der Waals surface area contributed by atoms with Crippen LogP contribution in [0.15, 0.2) is 71.4 Å². The van der Waals surface area contributed by atoms with Crippen LogP contribution in [0.4, 0.5) is 4.39 Å². The molecule has 0 atom stereocenters. The molecule has 170 valence electrons. The van der Waals surface area contributed by atoms with Crippen LogP contribution in [0.1, 0.15) is 17.1 Å². The van der Waals surface area contributed by atoms with Crippen LogP contribution >= 0.6 is 0 Å². The van der Waals surface area contributed by atoms with Crippen LogP contribution in [0.3, 0.4) is 0 Å². The molecule has 0 saturated heterocycles. The van der Waals surface area contributed by atoms with E-state index in [1.165, 1.54) is 24.9 Å². The first-order chi connectivity index (χ1) is 16.4. The number of ether oxygens (including phenoxy) is 1. The van der Waals surface area contributed by atoms with Gasteiger partial charge in [0.25, 0.3) is 0 Å². The second kappa shape index (κ2) is 8.59. The Labute approximate surface area is 196 Å². The maximum absolute atomic E-state index is 14.5. The van der Waals surface area contributed by atoms with Crippen molar-refractivity contribution >= 4 is 0 Å². The molecule has 0 bridgehead atoms. The lowest BCUT2D eigenvalue weighted by atomic mass is 9.97. The van der Waals surface area contributed by atoms with E-state index in [4.69, 9.17) is 9.15 Å². The number of aromatic nitrogens is 4. The number of hydrogen-bond donors (Lipinski definition) is 0. The van der Waals surface area contributed by atoms with Crippen LogP contribution < -0.4 is 4.74 Å². The summed E-state index contributed by atoms with van der Waals surface area (Å²) in [6, 6.07) is 17.7. The Balaban J connectivity index is 1.74. The molecule has 3 aromatic heterocycles. The van der Waals surface area contributed by atoms with Crippen molar-refractivity contribution in [3.63, 3.8) is 0 Å². The SMILES string of the molecule is COc1ncc(-c2oc(C)nc2-c2cc(-c3cccc(C)c3)ccc2-n2ccc(C)n2)cc1F. The number of benzene rings is 2. The quantitative estimate of drug-likeness (QED) is 0.310. The lowest BCUT2D eigenvalue weighted by molar-refractivity contribution is 0.369. The van der Waals surface area contributed by atoms with Crippen molar-refractivity contribution in [2.45, 2.75) is 20.8 Å². The van der Waals surface area contributed by atoms with Gasteiger partial charge in [0.05, 0.1) is 18.5 Å². The van der Waals surface area contributed by atoms with Crippen molar-refractivity contribution in [2.75, 3.05) is 7.11 Å². The molecular formula is C27H23FN4O2. The topological polar surface area (TPSA) is 66.0 Å². The number of hydrogen-bond acceptors (Lipinski definition) is 5. The van der Waals surface area contributed by atoms with Gasteiger partial charge in [0.1, 0.15) is 5.69 Å². The Hall–Kier alpha value is -4.26. The molecule has 0 unspecified atom stereocenters. The smallest absolute Gasteiger partial charge is 0.250 e. The minimum Gasteiger partial charge on any atom is -0.479 e. The summed E-state index contributed by atoms with van der Waals surface area (Å²) < 4.78 is 27.2. The average Bonchev–Trinajstić information content (AvgIpc) is 3.44. The van der Waals surface area contributed by atoms with Gasteiger partial charge in [0.2, 0.25) is 5.88 Å². The van der Waals surface area contributed by atoms with Crippen LogP contribution in [0.25, 0.3) is 39.4 Å². The number of nitrogens with zero attached hydrogens (tertiary/aromatic N) is 4. The third kappa shape index (κ3) is 3.96. The van der Waals surface area contributed by atoms with Gasteiger partial charge in [-0.1, -0.05) is 35.9 Å². The minimum atomic E-state index is -0.573. The second-order valence-electron chi connectivity index (χ2n) is 8.13. The van der Waals surface area contributed by atoms with Gasteiger partial charge in [-0.2, -0.15) is 5.10 Å². The van der Waals surface area contributed by atoms with E-state index in [0.29, 0.717) is 22.9 Å². The molecule has 0 aliphatic heterocycles. The number of aryl methyl sites for hydroxylation is 3. The Morgan fingerprint density at radius 1 is 0.941 bits per heavy atom. The predicted molar refractivity (Wildman–Crippen MR) is 128 cm³/mol. The fraction of sp³-hybridized carbons (Fsp3) is 0.148. The summed E-state index contributed by atoms with van der Waals surface area (Å²) in [6.45, 7) is 5.77. The molecular weight excluding hydrogens is 431 g/mol. The van der Waals surface area contributed by atoms with Crippen molar-refractivity contribution in [1.29, 1.82) is 0 Å². The first-order valence-corrected chi connectivity index (χ1v) is 10.8. The molecule has 0 saturated carbocycles. The summed E-state index contributed by atoms with van der Waals surface area (Å²) in [4.78, 5) is 8.76. The third-order valence-electron chi connectivity index (χ3n) is 5.57. The van der Waals surface area contributed by atoms with Crippen molar-refractivity contribution in [2.24, 2.45) is 0 Å². The Morgan fingerprint density at radius 2 is 1.76 bits per heavy atom. The highest BCUT2D eigenvalue weighted by Crippen LogP contribution is 2.38. The second-order valence-corrected chi connectivity index (χ2v) is 8.13. The fourth-order valence-corrected chi connectivity index (χ4v) is 3.98. The van der Waals surface area contributed by atoms with Crippen molar-refractivity contribution in [3.05, 3.63) is 90.0 Å². The highest BCUT2D eigenvalue weighted by Gasteiger charge is 2.21. The van der Waals surface area contributed by atoms with Gasteiger partial charge in [-0.05, 0) is 49.2 Å². The van der Waals surface area contributed by atoms with E-state index in [0.717, 1.165) is 28.1 Å². The molecule has 2 aromatic carbocycles. The maximum atomic E-state index is 14.5. The molecule has 0 N–H and O–H groups in total. The number of methoxy groups -OCH3 is 1. The zero-order valence-corrected chi connectivity index (χ0v) is 19.3. The summed E-state index contributed by atoms with van der Waals surface area (Å²) in [7, 11) is 1.38. The van der Waals surface area contributed by atoms with E-state index in [1.54, 1.807) is 6.92 Å². The van der Waals surface area contributed by atoms with Gasteiger partial charge < -0.3 is 9.15 Å². The first-order valence-electron chi connectivity index (χ1n) is 10.8. The van der Waals surface area contributed by atoms with E-state index < -0.39 is 5.82 Å². The zero-order valence-electron chi connectivity index (χ0n) is 19.3. The van der Waals surface area contributed by atoms with Crippen LogP contribution in [0.5, 0.6) is 5.88 Å². The monoisotopic (exact) mass is 454 g/mol. The normalized spacial score (nSPS) is 11.1. The summed E-state index contributed by atoms with van der Waals surface area (Å²) in [5, 5.41) is 4.60. The first kappa shape index (κ1) is 21.6. The van der Waals surface area contributed by atoms with E-state index in [-0.39, 0.29) is 5.88 Å². The van der Waals surface area contributed by atoms with Gasteiger partial charge in [-0.3, -0.25) is 0 Å². The lowest BCUT2D eigenvalue weighted by Crippen LogP contribution is -2.00. The average molecular weight is 455 g/mol. The van der Waals surface area contributed by atoms with Gasteiger partial charge in [0, 0.05) is 30.4 Å². The summed E-state index contributed by atoms with van der Waals surface area (Å²) >= 11 is 0. The Bertz CT molecular complexity index is 1500. The fourth-order valence-electron chi connectivity index (χ4n) is 3.98. The largest absolute Gasteiger partial charge is 0.479 e.